The predicted molar refractivity (Wildman–Crippen MR) is 204 cm³/mol. The van der Waals surface area contributed by atoms with Gasteiger partial charge in [-0.25, -0.2) is 9.97 Å². The van der Waals surface area contributed by atoms with Gasteiger partial charge in [-0.15, -0.1) is 6.42 Å². The number of aromatic nitrogens is 3. The summed E-state index contributed by atoms with van der Waals surface area (Å²) in [6, 6.07) is 36.0. The van der Waals surface area contributed by atoms with Crippen molar-refractivity contribution in [1.29, 1.82) is 0 Å². The molecule has 3 aromatic heterocycles. The zero-order valence-corrected chi connectivity index (χ0v) is 27.0. The lowest BCUT2D eigenvalue weighted by Crippen LogP contribution is -2.05. The van der Waals surface area contributed by atoms with E-state index in [1.165, 1.54) is 0 Å². The van der Waals surface area contributed by atoms with E-state index < -0.39 is 0 Å². The smallest absolute Gasteiger partial charge is 0.162 e. The Morgan fingerprint density at radius 3 is 2.49 bits per heavy atom. The average molecular weight is 630 g/mol. The van der Waals surface area contributed by atoms with E-state index in [0.29, 0.717) is 5.82 Å². The largest absolute Gasteiger partial charge is 0.455 e. The Bertz CT molecular complexity index is 2760. The van der Waals surface area contributed by atoms with Crippen LogP contribution in [0.2, 0.25) is 0 Å². The van der Waals surface area contributed by atoms with Crippen molar-refractivity contribution in [2.24, 2.45) is 0 Å². The van der Waals surface area contributed by atoms with Gasteiger partial charge in [0.05, 0.1) is 27.8 Å². The molecule has 49 heavy (non-hydrogen) atoms. The fourth-order valence-corrected chi connectivity index (χ4v) is 7.31. The highest BCUT2D eigenvalue weighted by Gasteiger charge is 2.26. The second-order valence-corrected chi connectivity index (χ2v) is 12.5. The molecule has 0 spiro atoms. The van der Waals surface area contributed by atoms with Crippen molar-refractivity contribution < 1.29 is 4.42 Å². The first kappa shape index (κ1) is 28.8. The van der Waals surface area contributed by atoms with Gasteiger partial charge in [-0.1, -0.05) is 121 Å². The Kier molecular flexibility index (Phi) is 6.85. The van der Waals surface area contributed by atoms with Gasteiger partial charge in [-0.05, 0) is 49.1 Å². The molecule has 5 aromatic carbocycles. The molecular weight excluding hydrogens is 599 g/mol. The normalized spacial score (nSPS) is 15.0. The van der Waals surface area contributed by atoms with E-state index in [0.717, 1.165) is 89.1 Å². The molecule has 4 heteroatoms. The average Bonchev–Trinajstić information content (AvgIpc) is 3.71. The number of hydrogen-bond acceptors (Lipinski definition) is 3. The van der Waals surface area contributed by atoms with E-state index in [9.17, 15) is 0 Å². The first-order valence-corrected chi connectivity index (χ1v) is 16.6. The topological polar surface area (TPSA) is 43.9 Å². The summed E-state index contributed by atoms with van der Waals surface area (Å²) < 4.78 is 9.09. The molecule has 0 radical (unpaired) electrons. The maximum absolute atomic E-state index is 6.75. The van der Waals surface area contributed by atoms with Gasteiger partial charge in [0.25, 0.3) is 0 Å². The minimum atomic E-state index is 0.147. The second-order valence-electron chi connectivity index (χ2n) is 12.5. The summed E-state index contributed by atoms with van der Waals surface area (Å²) in [6.07, 6.45) is 20.9. The molecule has 1 unspecified atom stereocenters. The van der Waals surface area contributed by atoms with Crippen molar-refractivity contribution in [2.75, 3.05) is 0 Å². The second kappa shape index (κ2) is 11.7. The zero-order valence-electron chi connectivity index (χ0n) is 27.0. The number of benzene rings is 5. The fourth-order valence-electron chi connectivity index (χ4n) is 7.31. The van der Waals surface area contributed by atoms with E-state index in [1.807, 2.05) is 24.3 Å². The van der Waals surface area contributed by atoms with Crippen molar-refractivity contribution >= 4 is 60.2 Å². The number of hydrogen-bond donors (Lipinski definition) is 0. The van der Waals surface area contributed by atoms with E-state index in [-0.39, 0.29) is 5.92 Å². The molecule has 0 fully saturated rings. The molecular formula is C45H31N3O. The van der Waals surface area contributed by atoms with Crippen molar-refractivity contribution in [3.05, 3.63) is 151 Å². The van der Waals surface area contributed by atoms with Crippen LogP contribution in [-0.2, 0) is 0 Å². The Morgan fingerprint density at radius 1 is 0.837 bits per heavy atom. The maximum Gasteiger partial charge on any atom is 0.162 e. The third-order valence-electron chi connectivity index (χ3n) is 9.56. The molecule has 1 atom stereocenters. The first-order valence-electron chi connectivity index (χ1n) is 16.6. The van der Waals surface area contributed by atoms with Crippen LogP contribution in [0.4, 0.5) is 0 Å². The number of terminal acetylenes is 1. The molecule has 1 aliphatic carbocycles. The lowest BCUT2D eigenvalue weighted by Gasteiger charge is -2.17. The van der Waals surface area contributed by atoms with Crippen LogP contribution >= 0.6 is 0 Å². The molecule has 0 saturated heterocycles. The highest BCUT2D eigenvalue weighted by Crippen LogP contribution is 2.46. The summed E-state index contributed by atoms with van der Waals surface area (Å²) in [5.41, 5.74) is 8.69. The number of furan rings is 1. The number of allylic oxidation sites excluding steroid dienone is 8. The van der Waals surface area contributed by atoms with E-state index in [4.69, 9.17) is 20.8 Å². The molecule has 0 amide bonds. The lowest BCUT2D eigenvalue weighted by molar-refractivity contribution is 0.673. The first-order chi connectivity index (χ1) is 24.2. The minimum absolute atomic E-state index is 0.147. The number of rotatable bonds is 5. The monoisotopic (exact) mass is 629 g/mol. The van der Waals surface area contributed by atoms with Crippen LogP contribution in [0.3, 0.4) is 0 Å². The summed E-state index contributed by atoms with van der Waals surface area (Å²) in [7, 11) is 0. The van der Waals surface area contributed by atoms with Gasteiger partial charge >= 0.3 is 0 Å². The molecule has 9 rings (SSSR count). The van der Waals surface area contributed by atoms with Crippen LogP contribution in [0, 0.1) is 12.3 Å². The molecule has 3 heterocycles. The van der Waals surface area contributed by atoms with Gasteiger partial charge in [-0.2, -0.15) is 0 Å². The third kappa shape index (κ3) is 4.71. The van der Waals surface area contributed by atoms with E-state index in [2.05, 4.69) is 133 Å². The van der Waals surface area contributed by atoms with Gasteiger partial charge in [0.1, 0.15) is 11.2 Å². The van der Waals surface area contributed by atoms with E-state index >= 15 is 0 Å². The molecule has 0 N–H and O–H groups in total. The Labute approximate surface area is 284 Å². The van der Waals surface area contributed by atoms with Gasteiger partial charge in [0.2, 0.25) is 0 Å². The van der Waals surface area contributed by atoms with Crippen molar-refractivity contribution in [2.45, 2.75) is 19.3 Å². The van der Waals surface area contributed by atoms with Gasteiger partial charge < -0.3 is 8.98 Å². The highest BCUT2D eigenvalue weighted by atomic mass is 16.3. The molecule has 1 aliphatic rings. The zero-order chi connectivity index (χ0) is 32.9. The molecule has 0 saturated carbocycles. The summed E-state index contributed by atoms with van der Waals surface area (Å²) in [5.74, 6) is 3.45. The van der Waals surface area contributed by atoms with Crippen LogP contribution in [0.1, 0.15) is 25.0 Å². The van der Waals surface area contributed by atoms with Crippen LogP contribution in [-0.4, -0.2) is 14.5 Å². The van der Waals surface area contributed by atoms with Gasteiger partial charge in [-0.3, -0.25) is 0 Å². The minimum Gasteiger partial charge on any atom is -0.455 e. The molecule has 0 aliphatic heterocycles. The Balaban J connectivity index is 1.49. The van der Waals surface area contributed by atoms with Crippen molar-refractivity contribution in [3.63, 3.8) is 0 Å². The van der Waals surface area contributed by atoms with Crippen LogP contribution in [0.5, 0.6) is 0 Å². The quantitative estimate of drug-likeness (QED) is 0.141. The Morgan fingerprint density at radius 2 is 1.65 bits per heavy atom. The summed E-state index contributed by atoms with van der Waals surface area (Å²) in [4.78, 5) is 10.7. The number of para-hydroxylation sites is 1. The van der Waals surface area contributed by atoms with Crippen molar-refractivity contribution in [1.82, 2.24) is 14.5 Å². The SMILES string of the molecule is C#C/C=C\C=C(/C)n1c2c(-c3nc(-c4ccccc4)cc(C4C=CC=CC4)n3)cc3c4ccccc4oc3c2c2ccc3ccccc3c21. The van der Waals surface area contributed by atoms with Crippen LogP contribution in [0.15, 0.2) is 150 Å². The lowest BCUT2D eigenvalue weighted by atomic mass is 9.95. The highest BCUT2D eigenvalue weighted by molar-refractivity contribution is 6.30. The van der Waals surface area contributed by atoms with Gasteiger partial charge in [0.15, 0.2) is 5.82 Å². The Hall–Kier alpha value is -6.44. The maximum atomic E-state index is 6.75. The number of fused-ring (bicyclic) bond motifs is 9. The van der Waals surface area contributed by atoms with Crippen LogP contribution in [0.25, 0.3) is 82.9 Å². The van der Waals surface area contributed by atoms with Crippen LogP contribution < -0.4 is 0 Å². The summed E-state index contributed by atoms with van der Waals surface area (Å²) >= 11 is 0. The van der Waals surface area contributed by atoms with E-state index in [1.54, 1.807) is 6.08 Å². The molecule has 4 nitrogen and oxygen atoms in total. The van der Waals surface area contributed by atoms with Gasteiger partial charge in [0, 0.05) is 44.3 Å². The summed E-state index contributed by atoms with van der Waals surface area (Å²) in [5, 5.41) is 6.55. The number of nitrogens with zero attached hydrogens (tertiary/aromatic N) is 3. The van der Waals surface area contributed by atoms with Crippen molar-refractivity contribution in [3.8, 4) is 35.0 Å². The summed E-state index contributed by atoms with van der Waals surface area (Å²) in [6.45, 7) is 2.12. The molecule has 232 valence electrons. The predicted octanol–water partition coefficient (Wildman–Crippen LogP) is 11.6. The molecule has 0 bridgehead atoms. The fraction of sp³-hybridized carbons (Fsp3) is 0.0667. The molecule has 8 aromatic rings. The standard InChI is InChI=1S/C45H31N3O/c1-3-4-7-16-29(2)48-42-33-22-13-12-17-30(33)25-26-35(42)41-43(48)37(27-36-34-23-14-15-24-40(34)49-44(36)41)45-46-38(31-18-8-5-9-19-31)28-39(47-45)32-20-10-6-11-21-32/h1,4-20,22-28,32H,21H2,2H3/b7-4-,29-16+. The third-order valence-corrected chi connectivity index (χ3v) is 9.56.